The number of carbonyl (C=O) groups is 3. The fourth-order valence-electron chi connectivity index (χ4n) is 2.99. The molecule has 170 valence electrons. The van der Waals surface area contributed by atoms with Crippen LogP contribution in [0.3, 0.4) is 0 Å². The summed E-state index contributed by atoms with van der Waals surface area (Å²) in [6.07, 6.45) is 0. The van der Waals surface area contributed by atoms with Crippen LogP contribution in [0.5, 0.6) is 0 Å². The summed E-state index contributed by atoms with van der Waals surface area (Å²) in [5.41, 5.74) is 2.80. The summed E-state index contributed by atoms with van der Waals surface area (Å²) in [4.78, 5) is 36.8. The van der Waals surface area contributed by atoms with Crippen LogP contribution in [0.15, 0.2) is 78.9 Å². The smallest absolute Gasteiger partial charge is 0.255 e. The number of amides is 3. The van der Waals surface area contributed by atoms with Crippen LogP contribution in [0.1, 0.15) is 20.7 Å². The molecule has 0 fully saturated rings. The average Bonchev–Trinajstić information content (AvgIpc) is 2.84. The lowest BCUT2D eigenvalue weighted by Gasteiger charge is -2.11. The summed E-state index contributed by atoms with van der Waals surface area (Å²) in [5, 5.41) is 11.4. The zero-order valence-electron chi connectivity index (χ0n) is 18.3. The van der Waals surface area contributed by atoms with Crippen molar-refractivity contribution in [2.45, 2.75) is 0 Å². The first kappa shape index (κ1) is 23.5. The topological polar surface area (TPSA) is 109 Å². The van der Waals surface area contributed by atoms with Crippen LogP contribution in [0.4, 0.5) is 17.1 Å². The van der Waals surface area contributed by atoms with Gasteiger partial charge in [-0.15, -0.1) is 0 Å². The molecule has 8 heteroatoms. The van der Waals surface area contributed by atoms with Gasteiger partial charge in [-0.2, -0.15) is 0 Å². The monoisotopic (exact) mass is 446 g/mol. The average molecular weight is 447 g/mol. The second kappa shape index (κ2) is 12.0. The molecule has 3 amide bonds. The summed E-state index contributed by atoms with van der Waals surface area (Å²) < 4.78 is 4.92. The fourth-order valence-corrected chi connectivity index (χ4v) is 2.99. The second-order valence-electron chi connectivity index (χ2n) is 7.13. The van der Waals surface area contributed by atoms with E-state index in [0.29, 0.717) is 41.3 Å². The predicted octanol–water partition coefficient (Wildman–Crippen LogP) is 3.37. The van der Waals surface area contributed by atoms with E-state index in [2.05, 4.69) is 21.3 Å². The lowest BCUT2D eigenvalue weighted by Crippen LogP contribution is -2.27. The van der Waals surface area contributed by atoms with Crippen molar-refractivity contribution in [1.29, 1.82) is 0 Å². The molecule has 0 radical (unpaired) electrons. The maximum absolute atomic E-state index is 12.4. The van der Waals surface area contributed by atoms with Crippen LogP contribution >= 0.6 is 0 Å². The molecule has 0 bridgehead atoms. The summed E-state index contributed by atoms with van der Waals surface area (Å²) in [6.45, 7) is 0.858. The molecule has 3 aromatic rings. The molecular weight excluding hydrogens is 420 g/mol. The van der Waals surface area contributed by atoms with Gasteiger partial charge in [0.25, 0.3) is 11.8 Å². The van der Waals surface area contributed by atoms with Crippen LogP contribution in [-0.2, 0) is 9.53 Å². The van der Waals surface area contributed by atoms with Gasteiger partial charge in [0.1, 0.15) is 0 Å². The third-order valence-corrected chi connectivity index (χ3v) is 4.61. The highest BCUT2D eigenvalue weighted by molar-refractivity contribution is 6.04. The molecule has 0 spiro atoms. The maximum Gasteiger partial charge on any atom is 0.255 e. The first-order valence-corrected chi connectivity index (χ1v) is 10.4. The molecule has 8 nitrogen and oxygen atoms in total. The maximum atomic E-state index is 12.4. The van der Waals surface area contributed by atoms with E-state index in [1.165, 1.54) is 0 Å². The molecule has 0 unspecified atom stereocenters. The van der Waals surface area contributed by atoms with E-state index < -0.39 is 0 Å². The molecule has 0 atom stereocenters. The van der Waals surface area contributed by atoms with Gasteiger partial charge in [-0.05, 0) is 48.5 Å². The Bertz CT molecular complexity index is 1100. The van der Waals surface area contributed by atoms with Gasteiger partial charge in [-0.25, -0.2) is 0 Å². The normalized spacial score (nSPS) is 10.2. The number of anilines is 3. The molecule has 0 aliphatic heterocycles. The van der Waals surface area contributed by atoms with E-state index in [-0.39, 0.29) is 24.3 Å². The number of benzene rings is 3. The number of nitrogens with one attached hydrogen (secondary N) is 4. The quantitative estimate of drug-likeness (QED) is 0.357. The Labute approximate surface area is 192 Å². The molecule has 0 saturated heterocycles. The summed E-state index contributed by atoms with van der Waals surface area (Å²) in [7, 11) is 1.57. The van der Waals surface area contributed by atoms with Gasteiger partial charge in [0.2, 0.25) is 5.91 Å². The van der Waals surface area contributed by atoms with Crippen molar-refractivity contribution >= 4 is 34.8 Å². The largest absolute Gasteiger partial charge is 0.383 e. The Morgan fingerprint density at radius 3 is 2.15 bits per heavy atom. The van der Waals surface area contributed by atoms with Crippen molar-refractivity contribution < 1.29 is 19.1 Å². The number of carbonyl (C=O) groups excluding carboxylic acids is 3. The minimum atomic E-state index is -0.267. The minimum Gasteiger partial charge on any atom is -0.383 e. The lowest BCUT2D eigenvalue weighted by molar-refractivity contribution is -0.114. The van der Waals surface area contributed by atoms with Crippen LogP contribution in [0.25, 0.3) is 0 Å². The number of ether oxygens (including phenoxy) is 1. The highest BCUT2D eigenvalue weighted by Gasteiger charge is 2.09. The van der Waals surface area contributed by atoms with E-state index in [4.69, 9.17) is 4.74 Å². The molecule has 0 heterocycles. The fraction of sp³-hybridized carbons (Fsp3) is 0.160. The van der Waals surface area contributed by atoms with Crippen molar-refractivity contribution in [2.75, 3.05) is 42.8 Å². The highest BCUT2D eigenvalue weighted by atomic mass is 16.5. The Morgan fingerprint density at radius 1 is 0.727 bits per heavy atom. The van der Waals surface area contributed by atoms with Crippen LogP contribution in [0.2, 0.25) is 0 Å². The lowest BCUT2D eigenvalue weighted by atomic mass is 10.2. The Hall–Kier alpha value is -4.17. The zero-order chi connectivity index (χ0) is 23.5. The second-order valence-corrected chi connectivity index (χ2v) is 7.13. The van der Waals surface area contributed by atoms with E-state index in [0.717, 1.165) is 0 Å². The van der Waals surface area contributed by atoms with Gasteiger partial charge in [-0.3, -0.25) is 14.4 Å². The van der Waals surface area contributed by atoms with Gasteiger partial charge in [0, 0.05) is 41.8 Å². The molecule has 0 aliphatic carbocycles. The van der Waals surface area contributed by atoms with E-state index in [9.17, 15) is 14.4 Å². The Morgan fingerprint density at radius 2 is 1.39 bits per heavy atom. The zero-order valence-corrected chi connectivity index (χ0v) is 18.3. The van der Waals surface area contributed by atoms with E-state index >= 15 is 0 Å². The summed E-state index contributed by atoms with van der Waals surface area (Å²) >= 11 is 0. The summed E-state index contributed by atoms with van der Waals surface area (Å²) in [5.74, 6) is -0.710. The van der Waals surface area contributed by atoms with Gasteiger partial charge in [-0.1, -0.05) is 30.3 Å². The standard InChI is InChI=1S/C25H26N4O4/c1-33-14-13-26-24(31)19-9-5-10-20(15-19)27-17-23(30)28-21-11-6-12-22(16-21)29-25(32)18-7-3-2-4-8-18/h2-12,15-16,27H,13-14,17H2,1H3,(H,26,31)(H,28,30)(H,29,32). The first-order chi connectivity index (χ1) is 16.0. The van der Waals surface area contributed by atoms with Crippen LogP contribution in [0, 0.1) is 0 Å². The van der Waals surface area contributed by atoms with E-state index in [1.807, 2.05) is 6.07 Å². The SMILES string of the molecule is COCCNC(=O)c1cccc(NCC(=O)Nc2cccc(NC(=O)c3ccccc3)c2)c1. The van der Waals surface area contributed by atoms with E-state index in [1.54, 1.807) is 79.9 Å². The van der Waals surface area contributed by atoms with Crippen molar-refractivity contribution in [3.8, 4) is 0 Å². The molecule has 3 rings (SSSR count). The predicted molar refractivity (Wildman–Crippen MR) is 129 cm³/mol. The number of hydrogen-bond donors (Lipinski definition) is 4. The van der Waals surface area contributed by atoms with Crippen molar-refractivity contribution in [1.82, 2.24) is 5.32 Å². The molecule has 3 aromatic carbocycles. The Kier molecular flexibility index (Phi) is 8.55. The van der Waals surface area contributed by atoms with Crippen LogP contribution < -0.4 is 21.3 Å². The highest BCUT2D eigenvalue weighted by Crippen LogP contribution is 2.16. The third-order valence-electron chi connectivity index (χ3n) is 4.61. The van der Waals surface area contributed by atoms with Gasteiger partial charge in [0.05, 0.1) is 13.2 Å². The Balaban J connectivity index is 1.52. The first-order valence-electron chi connectivity index (χ1n) is 10.4. The molecule has 4 N–H and O–H groups in total. The third kappa shape index (κ3) is 7.48. The van der Waals surface area contributed by atoms with Crippen molar-refractivity contribution in [3.05, 3.63) is 90.0 Å². The minimum absolute atomic E-state index is 0.00927. The molecule has 33 heavy (non-hydrogen) atoms. The molecule has 0 aromatic heterocycles. The van der Waals surface area contributed by atoms with Gasteiger partial charge < -0.3 is 26.0 Å². The molecular formula is C25H26N4O4. The summed E-state index contributed by atoms with van der Waals surface area (Å²) in [6, 6.07) is 22.7. The van der Waals surface area contributed by atoms with Crippen molar-refractivity contribution in [3.63, 3.8) is 0 Å². The van der Waals surface area contributed by atoms with Crippen LogP contribution in [-0.4, -0.2) is 44.5 Å². The van der Waals surface area contributed by atoms with Crippen molar-refractivity contribution in [2.24, 2.45) is 0 Å². The van der Waals surface area contributed by atoms with Gasteiger partial charge in [0.15, 0.2) is 0 Å². The number of hydrogen-bond acceptors (Lipinski definition) is 5. The molecule has 0 saturated carbocycles. The number of rotatable bonds is 10. The number of methoxy groups -OCH3 is 1. The van der Waals surface area contributed by atoms with Gasteiger partial charge >= 0.3 is 0 Å². The molecule has 0 aliphatic rings.